The van der Waals surface area contributed by atoms with Crippen molar-refractivity contribution in [2.45, 2.75) is 216 Å². The Morgan fingerprint density at radius 3 is 0.931 bits per heavy atom. The lowest BCUT2D eigenvalue weighted by Gasteiger charge is -2.36. The first-order valence-electron chi connectivity index (χ1n) is 45.9. The van der Waals surface area contributed by atoms with Gasteiger partial charge in [-0.25, -0.2) is 5.26 Å². The number of rotatable bonds is 10. The van der Waals surface area contributed by atoms with Gasteiger partial charge in [-0.1, -0.05) is 108 Å². The summed E-state index contributed by atoms with van der Waals surface area (Å²) in [6.45, 7) is 11.6. The van der Waals surface area contributed by atoms with E-state index < -0.39 is 18.3 Å². The second-order valence-corrected chi connectivity index (χ2v) is 39.2. The Morgan fingerprint density at radius 2 is 0.615 bits per heavy atom. The number of phenolic OH excluding ortho intramolecular Hbond substituents is 1. The van der Waals surface area contributed by atoms with Crippen LogP contribution in [0.15, 0.2) is 146 Å². The van der Waals surface area contributed by atoms with E-state index in [1.54, 1.807) is 54.8 Å². The number of allylic oxidation sites excluding steroid dienone is 1. The van der Waals surface area contributed by atoms with E-state index in [1.165, 1.54) is 61.2 Å². The molecule has 17 atom stereocenters. The van der Waals surface area contributed by atoms with Gasteiger partial charge in [0.2, 0.25) is 0 Å². The average molecular weight is 1800 g/mol. The van der Waals surface area contributed by atoms with E-state index in [2.05, 4.69) is 154 Å². The van der Waals surface area contributed by atoms with Crippen molar-refractivity contribution in [3.63, 3.8) is 0 Å². The van der Waals surface area contributed by atoms with Crippen molar-refractivity contribution in [2.24, 2.45) is 0 Å². The second kappa shape index (κ2) is 36.0. The maximum atomic E-state index is 11.8. The molecule has 0 fully saturated rings. The predicted molar refractivity (Wildman–Crippen MR) is 489 cm³/mol. The lowest BCUT2D eigenvalue weighted by Crippen LogP contribution is -2.43. The summed E-state index contributed by atoms with van der Waals surface area (Å²) in [7, 11) is 23.1. The van der Waals surface area contributed by atoms with E-state index >= 15 is 0 Å². The van der Waals surface area contributed by atoms with E-state index in [4.69, 9.17) is 66.3 Å². The van der Waals surface area contributed by atoms with Crippen molar-refractivity contribution in [3.8, 4) is 69.0 Å². The molecule has 0 amide bonds. The van der Waals surface area contributed by atoms with Gasteiger partial charge in [0.05, 0.1) is 98.6 Å². The molecule has 6 spiro atoms. The molecule has 24 rings (SSSR count). The van der Waals surface area contributed by atoms with Gasteiger partial charge in [0.25, 0.3) is 0 Å². The van der Waals surface area contributed by atoms with Gasteiger partial charge >= 0.3 is 0 Å². The van der Waals surface area contributed by atoms with Crippen LogP contribution < -0.4 is 52.1 Å². The zero-order chi connectivity index (χ0) is 90.5. The highest BCUT2D eigenvalue weighted by Crippen LogP contribution is 2.63. The Bertz CT molecular complexity index is 5380. The number of carbonyl (C=O) groups is 1. The van der Waals surface area contributed by atoms with Crippen molar-refractivity contribution >= 4 is 18.1 Å². The van der Waals surface area contributed by atoms with E-state index in [0.29, 0.717) is 50.2 Å². The summed E-state index contributed by atoms with van der Waals surface area (Å²) >= 11 is 0.602. The third-order valence-corrected chi connectivity index (χ3v) is 31.5. The smallest absolute Gasteiger partial charge is 0.198 e. The summed E-state index contributed by atoms with van der Waals surface area (Å²) in [6.07, 6.45) is 33.4. The summed E-state index contributed by atoms with van der Waals surface area (Å²) in [4.78, 5) is 25.9. The van der Waals surface area contributed by atoms with Crippen LogP contribution in [-0.4, -0.2) is 252 Å². The van der Waals surface area contributed by atoms with Crippen LogP contribution in [0.25, 0.3) is 0 Å². The zero-order valence-corrected chi connectivity index (χ0v) is 77.4. The van der Waals surface area contributed by atoms with Gasteiger partial charge in [0.15, 0.2) is 87.1 Å². The molecule has 130 heavy (non-hydrogen) atoms. The van der Waals surface area contributed by atoms with Gasteiger partial charge in [-0.05, 0) is 196 Å². The number of hydrogen-bond donors (Lipinski definition) is 5. The first-order valence-corrected chi connectivity index (χ1v) is 46.6. The van der Waals surface area contributed by atoms with E-state index in [0.717, 1.165) is 187 Å². The normalized spacial score (nSPS) is 32.6. The van der Waals surface area contributed by atoms with Gasteiger partial charge in [-0.3, -0.25) is 8.98 Å². The molecule has 6 aromatic rings. The van der Waals surface area contributed by atoms with Crippen LogP contribution in [-0.2, 0) is 94.8 Å². The Balaban J connectivity index is 0.000000101. The number of carbonyl (C=O) groups excluding carboxylic acids is 1. The first-order chi connectivity index (χ1) is 62.9. The Labute approximate surface area is 765 Å². The number of aliphatic hydroxyl groups excluding tert-OH is 3. The molecule has 694 valence electrons. The Kier molecular flexibility index (Phi) is 24.9. The van der Waals surface area contributed by atoms with Crippen molar-refractivity contribution in [2.75, 3.05) is 124 Å². The second-order valence-electron chi connectivity index (χ2n) is 38.7. The monoisotopic (exact) mass is 1800 g/mol. The van der Waals surface area contributed by atoms with Crippen molar-refractivity contribution in [1.82, 2.24) is 29.4 Å². The van der Waals surface area contributed by atoms with Crippen LogP contribution in [0.1, 0.15) is 144 Å². The van der Waals surface area contributed by atoms with Gasteiger partial charge < -0.3 is 107 Å². The number of nitrogens with zero attached hydrogens (tertiary/aromatic N) is 6. The zero-order valence-electron chi connectivity index (χ0n) is 76.5. The average Bonchev–Trinajstić information content (AvgIpc) is 1.59. The van der Waals surface area contributed by atoms with Crippen LogP contribution in [0.3, 0.4) is 0 Å². The van der Waals surface area contributed by atoms with Crippen LogP contribution in [0.5, 0.6) is 69.0 Å². The lowest BCUT2D eigenvalue weighted by atomic mass is 9.69. The maximum absolute atomic E-state index is 11.8. The molecular formula is C102H124N6O21S. The van der Waals surface area contributed by atoms with Crippen molar-refractivity contribution in [3.05, 3.63) is 212 Å². The number of aliphatic hydroxyl groups is 3. The highest BCUT2D eigenvalue weighted by Gasteiger charge is 2.60. The number of ether oxygens (including phenoxy) is 12. The summed E-state index contributed by atoms with van der Waals surface area (Å²) in [5.41, 5.74) is 14.5. The number of benzene rings is 6. The fourth-order valence-corrected chi connectivity index (χ4v) is 24.8. The molecular weight excluding hydrogens is 1680 g/mol. The SMILES string of the molecule is CN1CCC23C=CC(O)CC2Oc2c(O)ccc(c23)C1.COc1ccc2c3c1OC1CC(=O)C=CC31CCN(C)C2.COc1ccc2c3c1OC1CC(O)C=CC31CCN(C)C2.COc1ccc2c3c1OC1CC(O)C=CC31CCN(C)C2.COc1ccc2c3c1OC1CC(OC)C=CC31CCN(C)C2.COc1ccc2c3c1OC1CC(OSOOO)C=CC31CCN(C)C2. The molecule has 12 aliphatic heterocycles. The summed E-state index contributed by atoms with van der Waals surface area (Å²) in [6, 6.07) is 24.5. The molecule has 6 aromatic carbocycles. The summed E-state index contributed by atoms with van der Waals surface area (Å²) in [5, 5.41) is 51.7. The maximum Gasteiger partial charge on any atom is 0.198 e. The van der Waals surface area contributed by atoms with Crippen LogP contribution in [0.2, 0.25) is 0 Å². The van der Waals surface area contributed by atoms with Crippen molar-refractivity contribution < 1.29 is 101 Å². The van der Waals surface area contributed by atoms with Gasteiger partial charge in [0.1, 0.15) is 36.6 Å². The van der Waals surface area contributed by atoms with E-state index in [1.807, 2.05) is 60.7 Å². The number of hydrogen-bond acceptors (Lipinski definition) is 28. The third-order valence-electron chi connectivity index (χ3n) is 31.0. The minimum Gasteiger partial charge on any atom is -0.504 e. The molecule has 0 radical (unpaired) electrons. The molecule has 6 aliphatic carbocycles. The molecule has 0 bridgehead atoms. The third kappa shape index (κ3) is 15.5. The minimum atomic E-state index is -0.452. The van der Waals surface area contributed by atoms with Crippen LogP contribution in [0, 0.1) is 0 Å². The quantitative estimate of drug-likeness (QED) is 0.0280. The predicted octanol–water partition coefficient (Wildman–Crippen LogP) is 12.7. The van der Waals surface area contributed by atoms with Gasteiger partial charge in [0, 0.05) is 118 Å². The van der Waals surface area contributed by atoms with Crippen LogP contribution in [0.4, 0.5) is 0 Å². The van der Waals surface area contributed by atoms with Crippen LogP contribution >= 0.6 is 12.3 Å². The fraction of sp³-hybridized carbons (Fsp3) is 0.520. The number of methoxy groups -OCH3 is 6. The Morgan fingerprint density at radius 1 is 0.346 bits per heavy atom. The standard InChI is InChI=1S/C18H23NO3.C17H21NO6S.2C17H21NO3.C17H19NO3.C16H19NO3/c1-19-9-8-18-7-6-13(20-2)10-15(18)22-17-14(21-3)5-4-12(11-19)16(17)18;1-18-8-7-17-6-5-12(22-25-24-23-19)9-14(17)21-16-13(20-2)4-3-11(10-18)15(16)17;3*1-18-8-7-17-6-5-12(19)9-14(17)21-16-13(20-2)4-3-11(10-18)15(16)17;1-17-7-6-16-5-4-11(18)8-13(16)20-15-12(19)3-2-10(9-17)14(15)16/h4-7,13,15H,8-11H2,1-3H3;3-6,12,14,19H,7-10H2,1-2H3;2*3-6,12,14,19H,7-10H2,1-2H3;3-6,14H,7-10H2,1-2H3;2-5,11,13,18-19H,6-9H2,1H3. The van der Waals surface area contributed by atoms with E-state index in [-0.39, 0.29) is 92.9 Å². The summed E-state index contributed by atoms with van der Waals surface area (Å²) < 4.78 is 80.4. The fourth-order valence-electron chi connectivity index (χ4n) is 24.5. The summed E-state index contributed by atoms with van der Waals surface area (Å²) in [5.74, 6) is 9.39. The highest BCUT2D eigenvalue weighted by molar-refractivity contribution is 7.89. The molecule has 5 N–H and O–H groups in total. The lowest BCUT2D eigenvalue weighted by molar-refractivity contribution is -0.434. The number of aromatic hydroxyl groups is 1. The number of ketones is 1. The molecule has 18 aliphatic rings. The highest BCUT2D eigenvalue weighted by atomic mass is 32.2. The molecule has 0 aromatic heterocycles. The topological polar surface area (TPSA) is 276 Å². The molecule has 0 saturated heterocycles. The first kappa shape index (κ1) is 90.0. The molecule has 0 saturated carbocycles. The largest absolute Gasteiger partial charge is 0.504 e. The minimum absolute atomic E-state index is 0.00838. The number of phenols is 1. The molecule has 28 heteroatoms. The van der Waals surface area contributed by atoms with Gasteiger partial charge in [-0.2, -0.15) is 0 Å². The van der Waals surface area contributed by atoms with E-state index in [9.17, 15) is 25.2 Å². The Hall–Kier alpha value is -9.18. The van der Waals surface area contributed by atoms with Gasteiger partial charge in [-0.15, -0.1) is 4.33 Å². The molecule has 27 nitrogen and oxygen atoms in total. The molecule has 12 heterocycles. The molecule has 17 unspecified atom stereocenters. The van der Waals surface area contributed by atoms with Crippen molar-refractivity contribution in [1.29, 1.82) is 0 Å².